The lowest BCUT2D eigenvalue weighted by Crippen LogP contribution is -2.32. The molecule has 0 radical (unpaired) electrons. The van der Waals surface area contributed by atoms with Crippen LogP contribution in [0.15, 0.2) is 65.6 Å². The first-order valence-corrected chi connectivity index (χ1v) is 12.0. The lowest BCUT2D eigenvalue weighted by atomic mass is 9.93. The smallest absolute Gasteiger partial charge is 0.416 e. The summed E-state index contributed by atoms with van der Waals surface area (Å²) in [5.41, 5.74) is 0.790. The van der Waals surface area contributed by atoms with E-state index in [1.807, 2.05) is 0 Å². The predicted octanol–water partition coefficient (Wildman–Crippen LogP) is 4.61. The van der Waals surface area contributed by atoms with Crippen molar-refractivity contribution in [2.75, 3.05) is 0 Å². The van der Waals surface area contributed by atoms with Crippen molar-refractivity contribution in [2.45, 2.75) is 38.1 Å². The molecular weight excluding hydrogens is 525 g/mol. The van der Waals surface area contributed by atoms with E-state index >= 15 is 0 Å². The van der Waals surface area contributed by atoms with E-state index in [4.69, 9.17) is 11.6 Å². The minimum atomic E-state index is -4.42. The second-order valence-corrected chi connectivity index (χ2v) is 9.13. The fourth-order valence-electron chi connectivity index (χ4n) is 4.06. The number of carboxylic acid groups (broad SMARTS) is 1. The number of alkyl halides is 3. The molecule has 0 saturated heterocycles. The number of hydrogen-bond donors (Lipinski definition) is 2. The summed E-state index contributed by atoms with van der Waals surface area (Å²) in [4.78, 5) is 28.8. The molecule has 0 aliphatic heterocycles. The van der Waals surface area contributed by atoms with Crippen LogP contribution in [-0.4, -0.2) is 42.3 Å². The molecule has 2 atom stereocenters. The number of carbonyl (C=O) groups is 1. The van der Waals surface area contributed by atoms with Gasteiger partial charge in [-0.3, -0.25) is 14.6 Å². The first-order chi connectivity index (χ1) is 18.0. The lowest BCUT2D eigenvalue weighted by molar-refractivity contribution is -0.146. The molecule has 38 heavy (non-hydrogen) atoms. The highest BCUT2D eigenvalue weighted by Gasteiger charge is 2.30. The van der Waals surface area contributed by atoms with Crippen molar-refractivity contribution in [2.24, 2.45) is 5.92 Å². The highest BCUT2D eigenvalue weighted by molar-refractivity contribution is 6.35. The van der Waals surface area contributed by atoms with Gasteiger partial charge in [-0.2, -0.15) is 13.2 Å². The van der Waals surface area contributed by atoms with Crippen molar-refractivity contribution < 1.29 is 28.2 Å². The Bertz CT molecular complexity index is 1490. The lowest BCUT2D eigenvalue weighted by Gasteiger charge is -2.19. The minimum Gasteiger partial charge on any atom is -0.481 e. The van der Waals surface area contributed by atoms with Gasteiger partial charge in [0.2, 0.25) is 0 Å². The number of aliphatic carboxylic acids is 1. The predicted molar refractivity (Wildman–Crippen MR) is 134 cm³/mol. The molecule has 8 nitrogen and oxygen atoms in total. The van der Waals surface area contributed by atoms with E-state index in [0.29, 0.717) is 23.2 Å². The summed E-state index contributed by atoms with van der Waals surface area (Å²) >= 11 is 6.10. The summed E-state index contributed by atoms with van der Waals surface area (Å²) in [6, 6.07) is 12.8. The number of hydrogen-bond acceptors (Lipinski definition) is 6. The Morgan fingerprint density at radius 1 is 1.05 bits per heavy atom. The summed E-state index contributed by atoms with van der Waals surface area (Å²) in [5, 5.41) is 28.4. The Balaban J connectivity index is 1.38. The topological polar surface area (TPSA) is 118 Å². The number of nitrogens with zero attached hydrogens (tertiary/aromatic N) is 4. The van der Waals surface area contributed by atoms with Crippen LogP contribution in [0.1, 0.15) is 24.0 Å². The molecule has 2 aromatic heterocycles. The molecule has 4 aromatic rings. The highest BCUT2D eigenvalue weighted by Crippen LogP contribution is 2.30. The minimum absolute atomic E-state index is 0.0633. The number of aryl methyl sites for hydroxylation is 2. The summed E-state index contributed by atoms with van der Waals surface area (Å²) in [6.07, 6.45) is -3.74. The van der Waals surface area contributed by atoms with Crippen molar-refractivity contribution in [3.8, 4) is 11.3 Å². The number of halogens is 4. The molecule has 2 aromatic carbocycles. The van der Waals surface area contributed by atoms with Crippen LogP contribution in [-0.2, 0) is 23.9 Å². The SMILES string of the molecule is O=C(O)[C@@H](CCn1nnc2cccc(Cl)c2c1=O)[C@H](O)CCc1ccc(-c2ccc(C(F)(F)F)cc2)nc1. The molecule has 0 fully saturated rings. The van der Waals surface area contributed by atoms with E-state index < -0.39 is 35.3 Å². The van der Waals surface area contributed by atoms with E-state index in [1.54, 1.807) is 30.3 Å². The third-order valence-corrected chi connectivity index (χ3v) is 6.51. The van der Waals surface area contributed by atoms with Crippen molar-refractivity contribution >= 4 is 28.5 Å². The third-order valence-electron chi connectivity index (χ3n) is 6.20. The van der Waals surface area contributed by atoms with Gasteiger partial charge in [0.05, 0.1) is 33.7 Å². The van der Waals surface area contributed by atoms with Crippen molar-refractivity contribution in [3.63, 3.8) is 0 Å². The molecule has 2 N–H and O–H groups in total. The van der Waals surface area contributed by atoms with Crippen molar-refractivity contribution in [3.05, 3.63) is 87.3 Å². The van der Waals surface area contributed by atoms with Gasteiger partial charge in [0.15, 0.2) is 0 Å². The zero-order valence-corrected chi connectivity index (χ0v) is 20.5. The van der Waals surface area contributed by atoms with Crippen molar-refractivity contribution in [1.29, 1.82) is 0 Å². The van der Waals surface area contributed by atoms with Gasteiger partial charge < -0.3 is 10.2 Å². The number of pyridine rings is 1. The van der Waals surface area contributed by atoms with Crippen molar-refractivity contribution in [1.82, 2.24) is 20.0 Å². The average Bonchev–Trinajstić information content (AvgIpc) is 2.88. The normalized spacial score (nSPS) is 13.4. The van der Waals surface area contributed by atoms with E-state index in [-0.39, 0.29) is 29.8 Å². The summed E-state index contributed by atoms with van der Waals surface area (Å²) in [7, 11) is 0. The zero-order chi connectivity index (χ0) is 27.4. The Hall–Kier alpha value is -3.83. The Morgan fingerprint density at radius 2 is 1.79 bits per heavy atom. The van der Waals surface area contributed by atoms with E-state index in [1.165, 1.54) is 18.3 Å². The fourth-order valence-corrected chi connectivity index (χ4v) is 4.31. The second kappa shape index (κ2) is 11.3. The average molecular weight is 547 g/mol. The molecule has 0 spiro atoms. The number of benzene rings is 2. The van der Waals surface area contributed by atoms with Crippen LogP contribution in [0, 0.1) is 5.92 Å². The maximum Gasteiger partial charge on any atom is 0.416 e. The van der Waals surface area contributed by atoms with Crippen LogP contribution < -0.4 is 5.56 Å². The van der Waals surface area contributed by atoms with E-state index in [2.05, 4.69) is 15.3 Å². The molecule has 198 valence electrons. The highest BCUT2D eigenvalue weighted by atomic mass is 35.5. The molecular formula is C26H22ClF3N4O4. The van der Waals surface area contributed by atoms with Crippen LogP contribution in [0.5, 0.6) is 0 Å². The monoisotopic (exact) mass is 546 g/mol. The Labute approximate surface area is 219 Å². The fraction of sp³-hybridized carbons (Fsp3) is 0.269. The van der Waals surface area contributed by atoms with Gasteiger partial charge in [0, 0.05) is 18.3 Å². The van der Waals surface area contributed by atoms with Gasteiger partial charge in [-0.1, -0.05) is 41.1 Å². The number of rotatable bonds is 9. The third kappa shape index (κ3) is 6.17. The van der Waals surface area contributed by atoms with Crippen LogP contribution in [0.2, 0.25) is 5.02 Å². The Kier molecular flexibility index (Phi) is 8.08. The maximum absolute atomic E-state index is 12.8. The maximum atomic E-state index is 12.8. The van der Waals surface area contributed by atoms with Gasteiger partial charge >= 0.3 is 12.1 Å². The molecule has 0 aliphatic carbocycles. The molecule has 4 rings (SSSR count). The number of aliphatic hydroxyl groups excluding tert-OH is 1. The molecule has 0 saturated carbocycles. The van der Waals surface area contributed by atoms with Crippen LogP contribution >= 0.6 is 11.6 Å². The van der Waals surface area contributed by atoms with Gasteiger partial charge in [0.1, 0.15) is 5.52 Å². The molecule has 0 amide bonds. The van der Waals surface area contributed by atoms with Gasteiger partial charge in [-0.05, 0) is 55.2 Å². The molecule has 12 heteroatoms. The number of aliphatic hydroxyl groups is 1. The first-order valence-electron chi connectivity index (χ1n) is 11.6. The molecule has 0 bridgehead atoms. The summed E-state index contributed by atoms with van der Waals surface area (Å²) in [6.45, 7) is -0.0790. The summed E-state index contributed by atoms with van der Waals surface area (Å²) < 4.78 is 39.3. The summed E-state index contributed by atoms with van der Waals surface area (Å²) in [5.74, 6) is -2.38. The number of aromatic nitrogens is 4. The van der Waals surface area contributed by atoms with E-state index in [9.17, 15) is 33.0 Å². The number of carboxylic acids is 1. The zero-order valence-electron chi connectivity index (χ0n) is 19.8. The van der Waals surface area contributed by atoms with Crippen LogP contribution in [0.25, 0.3) is 22.2 Å². The van der Waals surface area contributed by atoms with Gasteiger partial charge in [-0.25, -0.2) is 4.68 Å². The molecule has 2 heterocycles. The Morgan fingerprint density at radius 3 is 2.42 bits per heavy atom. The number of fused-ring (bicyclic) bond motifs is 1. The quantitative estimate of drug-likeness (QED) is 0.315. The second-order valence-electron chi connectivity index (χ2n) is 8.72. The van der Waals surface area contributed by atoms with Crippen LogP contribution in [0.4, 0.5) is 13.2 Å². The van der Waals surface area contributed by atoms with Gasteiger partial charge in [0.25, 0.3) is 5.56 Å². The first kappa shape index (κ1) is 27.2. The molecule has 0 aliphatic rings. The van der Waals surface area contributed by atoms with E-state index in [0.717, 1.165) is 22.4 Å². The molecule has 0 unspecified atom stereocenters. The largest absolute Gasteiger partial charge is 0.481 e. The van der Waals surface area contributed by atoms with Crippen LogP contribution in [0.3, 0.4) is 0 Å². The standard InChI is InChI=1S/C26H22ClF3N4O4/c27-19-2-1-3-21-23(19)24(36)34(33-32-21)13-12-18(25(37)38)22(35)11-5-15-4-10-20(31-14-15)16-6-8-17(9-7-16)26(28,29)30/h1-4,6-10,14,18,22,35H,5,11-13H2,(H,37,38)/t18-,22+/m0/s1. The van der Waals surface area contributed by atoms with Gasteiger partial charge in [-0.15, -0.1) is 5.10 Å².